The number of carboxylic acids is 1. The van der Waals surface area contributed by atoms with Crippen molar-refractivity contribution in [2.45, 2.75) is 19.8 Å². The van der Waals surface area contributed by atoms with E-state index in [1.807, 2.05) is 0 Å². The maximum absolute atomic E-state index is 12.3. The van der Waals surface area contributed by atoms with Crippen molar-refractivity contribution in [3.8, 4) is 0 Å². The third kappa shape index (κ3) is 2.50. The van der Waals surface area contributed by atoms with E-state index < -0.39 is 5.97 Å². The number of rotatable bonds is 2. The largest absolute Gasteiger partial charge is 0.478 e. The summed E-state index contributed by atoms with van der Waals surface area (Å²) >= 11 is 0. The van der Waals surface area contributed by atoms with Crippen molar-refractivity contribution >= 4 is 11.9 Å². The molecule has 1 fully saturated rings. The lowest BCUT2D eigenvalue weighted by atomic mass is 9.98. The first-order valence-corrected chi connectivity index (χ1v) is 6.06. The highest BCUT2D eigenvalue weighted by molar-refractivity contribution is 6.04. The average molecular weight is 248 g/mol. The summed E-state index contributed by atoms with van der Waals surface area (Å²) in [6.07, 6.45) is 4.62. The highest BCUT2D eigenvalue weighted by Crippen LogP contribution is 2.19. The van der Waals surface area contributed by atoms with E-state index in [4.69, 9.17) is 5.11 Å². The van der Waals surface area contributed by atoms with Crippen LogP contribution in [0.25, 0.3) is 0 Å². The second-order valence-electron chi connectivity index (χ2n) is 4.70. The van der Waals surface area contributed by atoms with Crippen LogP contribution in [0.15, 0.2) is 18.5 Å². The smallest absolute Gasteiger partial charge is 0.338 e. The Bertz CT molecular complexity index is 465. The predicted molar refractivity (Wildman–Crippen MR) is 65.5 cm³/mol. The summed E-state index contributed by atoms with van der Waals surface area (Å²) in [4.78, 5) is 28.8. The lowest BCUT2D eigenvalue weighted by Gasteiger charge is -2.30. The normalized spacial score (nSPS) is 16.6. The van der Waals surface area contributed by atoms with Gasteiger partial charge in [-0.2, -0.15) is 0 Å². The summed E-state index contributed by atoms with van der Waals surface area (Å²) in [6, 6.07) is 1.48. The Hall–Kier alpha value is -1.91. The van der Waals surface area contributed by atoms with Gasteiger partial charge < -0.3 is 10.0 Å². The van der Waals surface area contributed by atoms with Gasteiger partial charge in [-0.25, -0.2) is 4.79 Å². The molecule has 0 aliphatic carbocycles. The minimum absolute atomic E-state index is 0.0267. The Morgan fingerprint density at radius 2 is 2.00 bits per heavy atom. The molecule has 0 radical (unpaired) electrons. The maximum atomic E-state index is 12.3. The highest BCUT2D eigenvalue weighted by atomic mass is 16.4. The van der Waals surface area contributed by atoms with Gasteiger partial charge in [0, 0.05) is 25.5 Å². The van der Waals surface area contributed by atoms with Gasteiger partial charge in [0.1, 0.15) is 0 Å². The van der Waals surface area contributed by atoms with E-state index in [0.29, 0.717) is 19.0 Å². The summed E-state index contributed by atoms with van der Waals surface area (Å²) in [6.45, 7) is 3.56. The van der Waals surface area contributed by atoms with Crippen LogP contribution in [0, 0.1) is 5.92 Å². The number of nitrogens with zero attached hydrogens (tertiary/aromatic N) is 2. The molecule has 2 heterocycles. The van der Waals surface area contributed by atoms with Crippen LogP contribution in [0.4, 0.5) is 0 Å². The number of piperidine rings is 1. The molecule has 1 aliphatic rings. The lowest BCUT2D eigenvalue weighted by molar-refractivity contribution is 0.0654. The third-order valence-corrected chi connectivity index (χ3v) is 3.35. The highest BCUT2D eigenvalue weighted by Gasteiger charge is 2.24. The second-order valence-corrected chi connectivity index (χ2v) is 4.70. The number of amides is 1. The van der Waals surface area contributed by atoms with Crippen molar-refractivity contribution in [2.75, 3.05) is 13.1 Å². The standard InChI is InChI=1S/C13H16N2O3/c1-9-3-6-15(7-4-9)12(16)10-2-5-14-8-11(10)13(17)18/h2,5,8-9H,3-4,6-7H2,1H3,(H,17,18). The van der Waals surface area contributed by atoms with Crippen molar-refractivity contribution in [2.24, 2.45) is 5.92 Å². The third-order valence-electron chi connectivity index (χ3n) is 3.35. The fraction of sp³-hybridized carbons (Fsp3) is 0.462. The molecule has 1 aliphatic heterocycles. The molecule has 5 nitrogen and oxygen atoms in total. The molecule has 5 heteroatoms. The topological polar surface area (TPSA) is 70.5 Å². The first-order valence-electron chi connectivity index (χ1n) is 6.06. The van der Waals surface area contributed by atoms with Gasteiger partial charge in [0.2, 0.25) is 0 Å². The van der Waals surface area contributed by atoms with Crippen LogP contribution in [0.5, 0.6) is 0 Å². The van der Waals surface area contributed by atoms with Gasteiger partial charge in [-0.05, 0) is 24.8 Å². The van der Waals surface area contributed by atoms with Crippen molar-refractivity contribution in [3.05, 3.63) is 29.6 Å². The Morgan fingerprint density at radius 3 is 2.61 bits per heavy atom. The molecule has 1 N–H and O–H groups in total. The van der Waals surface area contributed by atoms with Crippen LogP contribution in [-0.2, 0) is 0 Å². The molecule has 1 aromatic rings. The average Bonchev–Trinajstić information content (AvgIpc) is 2.39. The molecule has 0 unspecified atom stereocenters. The summed E-state index contributed by atoms with van der Waals surface area (Å²) in [7, 11) is 0. The van der Waals surface area contributed by atoms with Crippen LogP contribution in [0.2, 0.25) is 0 Å². The zero-order chi connectivity index (χ0) is 13.1. The summed E-state index contributed by atoms with van der Waals surface area (Å²) < 4.78 is 0. The first kappa shape index (κ1) is 12.5. The number of carbonyl (C=O) groups is 2. The van der Waals surface area contributed by atoms with E-state index in [-0.39, 0.29) is 17.0 Å². The van der Waals surface area contributed by atoms with E-state index >= 15 is 0 Å². The van der Waals surface area contributed by atoms with Crippen LogP contribution < -0.4 is 0 Å². The monoisotopic (exact) mass is 248 g/mol. The van der Waals surface area contributed by atoms with Gasteiger partial charge >= 0.3 is 5.97 Å². The zero-order valence-corrected chi connectivity index (χ0v) is 10.3. The van der Waals surface area contributed by atoms with E-state index in [0.717, 1.165) is 12.8 Å². The van der Waals surface area contributed by atoms with Gasteiger partial charge in [-0.15, -0.1) is 0 Å². The van der Waals surface area contributed by atoms with Gasteiger partial charge in [0.05, 0.1) is 11.1 Å². The van der Waals surface area contributed by atoms with Crippen LogP contribution in [-0.4, -0.2) is 40.0 Å². The predicted octanol–water partition coefficient (Wildman–Crippen LogP) is 1.65. The number of likely N-dealkylation sites (tertiary alicyclic amines) is 1. The number of pyridine rings is 1. The first-order chi connectivity index (χ1) is 8.59. The fourth-order valence-electron chi connectivity index (χ4n) is 2.13. The Labute approximate surface area is 105 Å². The van der Waals surface area contributed by atoms with Crippen molar-refractivity contribution in [1.82, 2.24) is 9.88 Å². The molecule has 0 bridgehead atoms. The molecule has 1 amide bonds. The van der Waals surface area contributed by atoms with Crippen molar-refractivity contribution in [3.63, 3.8) is 0 Å². The zero-order valence-electron chi connectivity index (χ0n) is 10.3. The Kier molecular flexibility index (Phi) is 3.60. The van der Waals surface area contributed by atoms with Gasteiger partial charge in [-0.1, -0.05) is 6.92 Å². The molecule has 0 atom stereocenters. The summed E-state index contributed by atoms with van der Waals surface area (Å²) in [5.41, 5.74) is 0.202. The van der Waals surface area contributed by atoms with Crippen molar-refractivity contribution in [1.29, 1.82) is 0 Å². The quantitative estimate of drug-likeness (QED) is 0.864. The number of hydrogen-bond acceptors (Lipinski definition) is 3. The van der Waals surface area contributed by atoms with Crippen molar-refractivity contribution < 1.29 is 14.7 Å². The van der Waals surface area contributed by atoms with E-state index in [9.17, 15) is 9.59 Å². The second kappa shape index (κ2) is 5.16. The van der Waals surface area contributed by atoms with E-state index in [1.54, 1.807) is 4.90 Å². The van der Waals surface area contributed by atoms with Crippen LogP contribution in [0.1, 0.15) is 40.5 Å². The molecular formula is C13H16N2O3. The summed E-state index contributed by atoms with van der Waals surface area (Å²) in [5.74, 6) is -0.691. The van der Waals surface area contributed by atoms with Gasteiger partial charge in [0.25, 0.3) is 5.91 Å². The molecule has 1 aromatic heterocycles. The lowest BCUT2D eigenvalue weighted by Crippen LogP contribution is -2.38. The van der Waals surface area contributed by atoms with Crippen LogP contribution >= 0.6 is 0 Å². The molecule has 0 saturated carbocycles. The number of hydrogen-bond donors (Lipinski definition) is 1. The molecule has 0 spiro atoms. The SMILES string of the molecule is CC1CCN(C(=O)c2ccncc2C(=O)O)CC1. The number of carboxylic acid groups (broad SMARTS) is 1. The van der Waals surface area contributed by atoms with Crippen LogP contribution in [0.3, 0.4) is 0 Å². The molecule has 1 saturated heterocycles. The molecule has 18 heavy (non-hydrogen) atoms. The molecular weight excluding hydrogens is 232 g/mol. The van der Waals surface area contributed by atoms with E-state index in [2.05, 4.69) is 11.9 Å². The molecule has 2 rings (SSSR count). The fourth-order valence-corrected chi connectivity index (χ4v) is 2.13. The number of aromatic carboxylic acids is 1. The molecule has 0 aromatic carbocycles. The minimum atomic E-state index is -1.11. The minimum Gasteiger partial charge on any atom is -0.478 e. The maximum Gasteiger partial charge on any atom is 0.338 e. The van der Waals surface area contributed by atoms with E-state index in [1.165, 1.54) is 18.5 Å². The number of aromatic nitrogens is 1. The van der Waals surface area contributed by atoms with Gasteiger partial charge in [-0.3, -0.25) is 9.78 Å². The summed E-state index contributed by atoms with van der Waals surface area (Å²) in [5, 5.41) is 9.04. The Balaban J connectivity index is 2.21. The number of carbonyl (C=O) groups excluding carboxylic acids is 1. The molecule has 96 valence electrons. The Morgan fingerprint density at radius 1 is 1.33 bits per heavy atom. The van der Waals surface area contributed by atoms with Gasteiger partial charge in [0.15, 0.2) is 0 Å².